The van der Waals surface area contributed by atoms with Crippen molar-refractivity contribution in [2.75, 3.05) is 11.4 Å². The zero-order chi connectivity index (χ0) is 23.0. The zero-order valence-corrected chi connectivity index (χ0v) is 19.1. The molecule has 2 aromatic carbocycles. The van der Waals surface area contributed by atoms with E-state index < -0.39 is 16.8 Å². The number of hydrogen-bond donors (Lipinski definition) is 0. The molecule has 1 aliphatic heterocycles. The molecule has 0 saturated heterocycles. The second kappa shape index (κ2) is 8.96. The highest BCUT2D eigenvalue weighted by atomic mass is 35.5. The number of hydrogen-bond acceptors (Lipinski definition) is 2. The van der Waals surface area contributed by atoms with Crippen molar-refractivity contribution in [1.82, 2.24) is 9.47 Å². The van der Waals surface area contributed by atoms with E-state index in [-0.39, 0.29) is 24.3 Å². The lowest BCUT2D eigenvalue weighted by molar-refractivity contribution is -0.135. The molecule has 4 rings (SSSR count). The van der Waals surface area contributed by atoms with Gasteiger partial charge in [0.15, 0.2) is 4.84 Å². The Bertz CT molecular complexity index is 1140. The van der Waals surface area contributed by atoms with Crippen molar-refractivity contribution in [1.29, 1.82) is 0 Å². The van der Waals surface area contributed by atoms with E-state index >= 15 is 0 Å². The third-order valence-corrected chi connectivity index (χ3v) is 5.95. The first-order valence-electron chi connectivity index (χ1n) is 10.2. The molecule has 1 aromatic heterocycles. The van der Waals surface area contributed by atoms with Gasteiger partial charge in [0.2, 0.25) is 5.91 Å². The van der Waals surface area contributed by atoms with Crippen LogP contribution in [-0.2, 0) is 9.59 Å². The molecule has 166 valence electrons. The van der Waals surface area contributed by atoms with Gasteiger partial charge in [-0.15, -0.1) is 0 Å². The highest BCUT2D eigenvalue weighted by Gasteiger charge is 2.37. The Morgan fingerprint density at radius 3 is 2.28 bits per heavy atom. The van der Waals surface area contributed by atoms with Gasteiger partial charge in [-0.05, 0) is 55.8 Å². The molecular formula is C24H22Cl2FN3O2. The highest BCUT2D eigenvalue weighted by Crippen LogP contribution is 2.42. The van der Waals surface area contributed by atoms with E-state index in [0.717, 1.165) is 16.9 Å². The summed E-state index contributed by atoms with van der Waals surface area (Å²) in [5.74, 6) is -1.18. The molecule has 0 bridgehead atoms. The van der Waals surface area contributed by atoms with Crippen molar-refractivity contribution in [2.45, 2.75) is 30.8 Å². The first-order chi connectivity index (χ1) is 15.3. The summed E-state index contributed by atoms with van der Waals surface area (Å²) in [6, 6.07) is 16.7. The van der Waals surface area contributed by atoms with Crippen LogP contribution in [0.3, 0.4) is 0 Å². The van der Waals surface area contributed by atoms with Crippen LogP contribution in [0.2, 0.25) is 0 Å². The van der Waals surface area contributed by atoms with Gasteiger partial charge in [-0.1, -0.05) is 47.5 Å². The lowest BCUT2D eigenvalue weighted by atomic mass is 9.97. The number of carbonyl (C=O) groups is 2. The van der Waals surface area contributed by atoms with E-state index in [0.29, 0.717) is 5.69 Å². The van der Waals surface area contributed by atoms with E-state index in [4.69, 9.17) is 23.2 Å². The number of para-hydroxylation sites is 2. The van der Waals surface area contributed by atoms with E-state index in [1.165, 1.54) is 17.0 Å². The van der Waals surface area contributed by atoms with Crippen molar-refractivity contribution in [2.24, 2.45) is 0 Å². The summed E-state index contributed by atoms with van der Waals surface area (Å²) in [5.41, 5.74) is 3.15. The van der Waals surface area contributed by atoms with E-state index in [1.54, 1.807) is 30.9 Å². The number of alkyl halides is 2. The van der Waals surface area contributed by atoms with Crippen LogP contribution in [-0.4, -0.2) is 38.7 Å². The van der Waals surface area contributed by atoms with Crippen LogP contribution in [0.15, 0.2) is 66.9 Å². The molecule has 8 heteroatoms. The number of amides is 2. The van der Waals surface area contributed by atoms with Crippen molar-refractivity contribution < 1.29 is 14.0 Å². The fraction of sp³-hybridized carbons (Fsp3) is 0.250. The van der Waals surface area contributed by atoms with Crippen LogP contribution >= 0.6 is 23.2 Å². The lowest BCUT2D eigenvalue weighted by Crippen LogP contribution is -2.49. The van der Waals surface area contributed by atoms with Gasteiger partial charge >= 0.3 is 0 Å². The van der Waals surface area contributed by atoms with Crippen molar-refractivity contribution in [3.05, 3.63) is 83.9 Å². The molecule has 0 unspecified atom stereocenters. The number of halogens is 3. The number of anilines is 1. The topological polar surface area (TPSA) is 45.6 Å². The Morgan fingerprint density at radius 1 is 1.00 bits per heavy atom. The molecule has 0 fully saturated rings. The Balaban J connectivity index is 1.82. The maximum atomic E-state index is 13.7. The van der Waals surface area contributed by atoms with Gasteiger partial charge < -0.3 is 9.47 Å². The lowest BCUT2D eigenvalue weighted by Gasteiger charge is -2.40. The number of fused-ring (bicyclic) bond motifs is 3. The smallest absolute Gasteiger partial charge is 0.256 e. The Labute approximate surface area is 195 Å². The minimum Gasteiger partial charge on any atom is -0.329 e. The molecule has 1 atom stereocenters. The summed E-state index contributed by atoms with van der Waals surface area (Å²) < 4.78 is 15.7. The maximum Gasteiger partial charge on any atom is 0.256 e. The first-order valence-corrected chi connectivity index (χ1v) is 11.1. The summed E-state index contributed by atoms with van der Waals surface area (Å²) in [4.78, 5) is 28.1. The van der Waals surface area contributed by atoms with Gasteiger partial charge in [-0.25, -0.2) is 4.39 Å². The molecule has 0 N–H and O–H groups in total. The molecule has 2 amide bonds. The van der Waals surface area contributed by atoms with Gasteiger partial charge in [-0.3, -0.25) is 14.5 Å². The Kier molecular flexibility index (Phi) is 6.26. The predicted octanol–water partition coefficient (Wildman–Crippen LogP) is 5.09. The zero-order valence-electron chi connectivity index (χ0n) is 17.6. The van der Waals surface area contributed by atoms with Gasteiger partial charge in [-0.2, -0.15) is 0 Å². The predicted molar refractivity (Wildman–Crippen MR) is 124 cm³/mol. The van der Waals surface area contributed by atoms with Crippen LogP contribution in [0.1, 0.15) is 31.1 Å². The minimum atomic E-state index is -1.26. The standard InChI is InChI=1S/C24H22Cl2FN3O2/c1-15(2)29(24(32)23(25)26)14-21(31)30-19-7-4-3-6-18(19)28-13-5-8-20(28)22(30)16-9-11-17(27)12-10-16/h3-13,15,22-23H,14H2,1-2H3/t22-/m0/s1. The first kappa shape index (κ1) is 22.4. The third-order valence-electron chi connectivity index (χ3n) is 5.57. The number of rotatable bonds is 5. The van der Waals surface area contributed by atoms with Crippen molar-refractivity contribution in [3.63, 3.8) is 0 Å². The molecule has 5 nitrogen and oxygen atoms in total. The quantitative estimate of drug-likeness (QED) is 0.484. The largest absolute Gasteiger partial charge is 0.329 e. The van der Waals surface area contributed by atoms with Gasteiger partial charge in [0, 0.05) is 12.2 Å². The summed E-state index contributed by atoms with van der Waals surface area (Å²) in [5, 5.41) is 0. The van der Waals surface area contributed by atoms with E-state index in [2.05, 4.69) is 0 Å². The second-order valence-corrected chi connectivity index (χ2v) is 8.97. The molecule has 0 spiro atoms. The highest BCUT2D eigenvalue weighted by molar-refractivity contribution is 6.53. The van der Waals surface area contributed by atoms with Crippen LogP contribution in [0, 0.1) is 5.82 Å². The monoisotopic (exact) mass is 473 g/mol. The van der Waals surface area contributed by atoms with Gasteiger partial charge in [0.1, 0.15) is 18.4 Å². The summed E-state index contributed by atoms with van der Waals surface area (Å²) in [7, 11) is 0. The average molecular weight is 474 g/mol. The SMILES string of the molecule is CC(C)N(CC(=O)N1c2ccccc2-n2cccc2[C@@H]1c1ccc(F)cc1)C(=O)C(Cl)Cl. The number of carbonyl (C=O) groups excluding carboxylic acids is 2. The molecule has 0 saturated carbocycles. The van der Waals surface area contributed by atoms with Crippen LogP contribution in [0.25, 0.3) is 5.69 Å². The Morgan fingerprint density at radius 2 is 1.66 bits per heavy atom. The number of nitrogens with zero attached hydrogens (tertiary/aromatic N) is 3. The fourth-order valence-electron chi connectivity index (χ4n) is 4.08. The Hall–Kier alpha value is -2.83. The van der Waals surface area contributed by atoms with Crippen LogP contribution < -0.4 is 4.90 Å². The minimum absolute atomic E-state index is 0.195. The van der Waals surface area contributed by atoms with E-state index in [1.807, 2.05) is 47.2 Å². The normalized spacial score (nSPS) is 15.0. The van der Waals surface area contributed by atoms with Crippen LogP contribution in [0.5, 0.6) is 0 Å². The third kappa shape index (κ3) is 4.00. The molecule has 32 heavy (non-hydrogen) atoms. The van der Waals surface area contributed by atoms with Crippen LogP contribution in [0.4, 0.5) is 10.1 Å². The average Bonchev–Trinajstić information content (AvgIpc) is 3.26. The number of benzene rings is 2. The molecule has 3 aromatic rings. The molecule has 0 aliphatic carbocycles. The maximum absolute atomic E-state index is 13.7. The summed E-state index contributed by atoms with van der Waals surface area (Å²) in [6.45, 7) is 3.40. The summed E-state index contributed by atoms with van der Waals surface area (Å²) in [6.07, 6.45) is 1.93. The molecular weight excluding hydrogens is 452 g/mol. The fourth-order valence-corrected chi connectivity index (χ4v) is 4.34. The molecule has 1 aliphatic rings. The van der Waals surface area contributed by atoms with Crippen molar-refractivity contribution >= 4 is 40.7 Å². The second-order valence-electron chi connectivity index (χ2n) is 7.87. The summed E-state index contributed by atoms with van der Waals surface area (Å²) >= 11 is 11.6. The van der Waals surface area contributed by atoms with Gasteiger partial charge in [0.05, 0.1) is 17.1 Å². The molecule has 0 radical (unpaired) electrons. The van der Waals surface area contributed by atoms with E-state index in [9.17, 15) is 14.0 Å². The van der Waals surface area contributed by atoms with Crippen molar-refractivity contribution in [3.8, 4) is 5.69 Å². The molecule has 2 heterocycles. The van der Waals surface area contributed by atoms with Gasteiger partial charge in [0.25, 0.3) is 5.91 Å². The number of aromatic nitrogens is 1.